The maximum absolute atomic E-state index is 11.9. The highest BCUT2D eigenvalue weighted by Gasteiger charge is 2.08. The normalized spacial score (nSPS) is 10.7. The van der Waals surface area contributed by atoms with Crippen LogP contribution in [0.5, 0.6) is 0 Å². The van der Waals surface area contributed by atoms with Crippen molar-refractivity contribution in [3.63, 3.8) is 0 Å². The van der Waals surface area contributed by atoms with E-state index in [9.17, 15) is 4.79 Å². The molecule has 2 heterocycles. The molecule has 0 aliphatic heterocycles. The number of pyridine rings is 1. The van der Waals surface area contributed by atoms with Crippen LogP contribution in [0.1, 0.15) is 33.5 Å². The average Bonchev–Trinajstić information content (AvgIpc) is 2.97. The van der Waals surface area contributed by atoms with Gasteiger partial charge in [-0.1, -0.05) is 6.92 Å². The van der Waals surface area contributed by atoms with Crippen LogP contribution in [0.15, 0.2) is 36.7 Å². The Kier molecular flexibility index (Phi) is 5.89. The lowest BCUT2D eigenvalue weighted by atomic mass is 10.1. The van der Waals surface area contributed by atoms with Crippen molar-refractivity contribution >= 4 is 17.1 Å². The summed E-state index contributed by atoms with van der Waals surface area (Å²) in [6.07, 6.45) is 6.44. The van der Waals surface area contributed by atoms with Crippen LogP contribution in [0.2, 0.25) is 0 Å². The number of aromatic nitrogens is 1. The Morgan fingerprint density at radius 1 is 1.25 bits per heavy atom. The third-order valence-corrected chi connectivity index (χ3v) is 4.29. The number of carbonyl (C=O) groups is 1. The van der Waals surface area contributed by atoms with Crippen molar-refractivity contribution in [3.8, 4) is 0 Å². The van der Waals surface area contributed by atoms with Gasteiger partial charge in [0.2, 0.25) is 0 Å². The third kappa shape index (κ3) is 4.54. The van der Waals surface area contributed by atoms with E-state index in [1.165, 1.54) is 10.4 Å². The second kappa shape index (κ2) is 7.92. The van der Waals surface area contributed by atoms with Gasteiger partial charge in [-0.25, -0.2) is 0 Å². The van der Waals surface area contributed by atoms with Crippen LogP contribution < -0.4 is 0 Å². The fraction of sp³-hybridized carbons (Fsp3) is 0.375. The average molecular weight is 289 g/mol. The van der Waals surface area contributed by atoms with E-state index in [1.807, 2.05) is 24.3 Å². The molecule has 0 spiro atoms. The zero-order valence-electron chi connectivity index (χ0n) is 11.7. The molecule has 0 saturated heterocycles. The minimum Gasteiger partial charge on any atom is -0.373 e. The molecular formula is C16H19NO2S. The monoisotopic (exact) mass is 289 g/mol. The van der Waals surface area contributed by atoms with E-state index in [0.717, 1.165) is 24.1 Å². The highest BCUT2D eigenvalue weighted by atomic mass is 32.1. The van der Waals surface area contributed by atoms with Crippen LogP contribution in [-0.4, -0.2) is 24.0 Å². The molecule has 4 heteroatoms. The van der Waals surface area contributed by atoms with Crippen molar-refractivity contribution < 1.29 is 9.53 Å². The molecule has 2 aromatic heterocycles. The molecule has 0 N–H and O–H groups in total. The van der Waals surface area contributed by atoms with E-state index in [1.54, 1.807) is 23.7 Å². The number of hydrogen-bond acceptors (Lipinski definition) is 4. The first-order valence-electron chi connectivity index (χ1n) is 6.88. The van der Waals surface area contributed by atoms with Crippen molar-refractivity contribution in [3.05, 3.63) is 52.0 Å². The van der Waals surface area contributed by atoms with Crippen molar-refractivity contribution in [1.29, 1.82) is 0 Å². The highest BCUT2D eigenvalue weighted by Crippen LogP contribution is 2.17. The number of aryl methyl sites for hydroxylation is 2. The number of rotatable bonds is 8. The van der Waals surface area contributed by atoms with E-state index < -0.39 is 0 Å². The maximum atomic E-state index is 11.9. The number of hydrogen-bond donors (Lipinski definition) is 0. The van der Waals surface area contributed by atoms with Gasteiger partial charge in [0.05, 0.1) is 4.88 Å². The molecule has 3 nitrogen and oxygen atoms in total. The molecule has 0 fully saturated rings. The van der Waals surface area contributed by atoms with E-state index >= 15 is 0 Å². The Labute approximate surface area is 123 Å². The van der Waals surface area contributed by atoms with Gasteiger partial charge >= 0.3 is 0 Å². The van der Waals surface area contributed by atoms with Crippen molar-refractivity contribution in [2.24, 2.45) is 0 Å². The first kappa shape index (κ1) is 14.9. The lowest BCUT2D eigenvalue weighted by Gasteiger charge is -2.03. The number of ether oxygens (including phenoxy) is 1. The fourth-order valence-corrected chi connectivity index (χ4v) is 2.75. The van der Waals surface area contributed by atoms with Crippen LogP contribution in [0.3, 0.4) is 0 Å². The molecule has 0 saturated carbocycles. The molecule has 20 heavy (non-hydrogen) atoms. The standard InChI is InChI=1S/C16H19NO2S/c1-2-14-5-6-16(20-14)15(18)12-19-11-3-4-13-7-9-17-10-8-13/h5-10H,2-4,11-12H2,1H3. The molecule has 0 aliphatic carbocycles. The molecule has 0 aromatic carbocycles. The Morgan fingerprint density at radius 3 is 2.75 bits per heavy atom. The summed E-state index contributed by atoms with van der Waals surface area (Å²) < 4.78 is 5.46. The smallest absolute Gasteiger partial charge is 0.198 e. The van der Waals surface area contributed by atoms with Gasteiger partial charge in [-0.3, -0.25) is 9.78 Å². The lowest BCUT2D eigenvalue weighted by Crippen LogP contribution is -2.08. The Bertz CT molecular complexity index is 536. The molecule has 0 aliphatic rings. The van der Waals surface area contributed by atoms with Gasteiger partial charge in [0, 0.05) is 23.9 Å². The molecule has 106 valence electrons. The van der Waals surface area contributed by atoms with Crippen LogP contribution in [0.4, 0.5) is 0 Å². The molecule has 2 rings (SSSR count). The predicted octanol–water partition coefficient (Wildman–Crippen LogP) is 3.54. The van der Waals surface area contributed by atoms with Gasteiger partial charge in [0.25, 0.3) is 0 Å². The number of nitrogens with zero attached hydrogens (tertiary/aromatic N) is 1. The van der Waals surface area contributed by atoms with Gasteiger partial charge in [0.15, 0.2) is 5.78 Å². The summed E-state index contributed by atoms with van der Waals surface area (Å²) in [5, 5.41) is 0. The minimum absolute atomic E-state index is 0.0820. The first-order valence-corrected chi connectivity index (χ1v) is 7.70. The summed E-state index contributed by atoms with van der Waals surface area (Å²) in [7, 11) is 0. The zero-order valence-corrected chi connectivity index (χ0v) is 12.5. The fourth-order valence-electron chi connectivity index (χ4n) is 1.88. The molecular weight excluding hydrogens is 270 g/mol. The molecule has 0 atom stereocenters. The van der Waals surface area contributed by atoms with Crippen molar-refractivity contribution in [2.75, 3.05) is 13.2 Å². The summed E-state index contributed by atoms with van der Waals surface area (Å²) in [5.74, 6) is 0.0820. The molecule has 0 amide bonds. The third-order valence-electron chi connectivity index (χ3n) is 3.02. The summed E-state index contributed by atoms with van der Waals surface area (Å²) in [4.78, 5) is 17.9. The summed E-state index contributed by atoms with van der Waals surface area (Å²) in [6, 6.07) is 7.92. The summed E-state index contributed by atoms with van der Waals surface area (Å²) >= 11 is 1.57. The quantitative estimate of drug-likeness (QED) is 0.551. The minimum atomic E-state index is 0.0820. The summed E-state index contributed by atoms with van der Waals surface area (Å²) in [5.41, 5.74) is 1.25. The lowest BCUT2D eigenvalue weighted by molar-refractivity contribution is 0.0760. The molecule has 2 aromatic rings. The number of ketones is 1. The van der Waals surface area contributed by atoms with Crippen LogP contribution in [-0.2, 0) is 17.6 Å². The highest BCUT2D eigenvalue weighted by molar-refractivity contribution is 7.14. The summed E-state index contributed by atoms with van der Waals surface area (Å²) in [6.45, 7) is 2.88. The number of Topliss-reactive ketones (excluding diaryl/α,β-unsaturated/α-hetero) is 1. The number of carbonyl (C=O) groups excluding carboxylic acids is 1. The zero-order chi connectivity index (χ0) is 14.2. The Morgan fingerprint density at radius 2 is 2.05 bits per heavy atom. The topological polar surface area (TPSA) is 39.2 Å². The van der Waals surface area contributed by atoms with Gasteiger partial charge < -0.3 is 4.74 Å². The number of thiophene rings is 1. The molecule has 0 radical (unpaired) electrons. The van der Waals surface area contributed by atoms with E-state index in [-0.39, 0.29) is 12.4 Å². The van der Waals surface area contributed by atoms with Crippen molar-refractivity contribution in [1.82, 2.24) is 4.98 Å². The van der Waals surface area contributed by atoms with Gasteiger partial charge in [-0.05, 0) is 49.1 Å². The van der Waals surface area contributed by atoms with E-state index in [4.69, 9.17) is 4.74 Å². The van der Waals surface area contributed by atoms with E-state index in [2.05, 4.69) is 11.9 Å². The van der Waals surface area contributed by atoms with Crippen LogP contribution in [0.25, 0.3) is 0 Å². The predicted molar refractivity (Wildman–Crippen MR) is 81.4 cm³/mol. The second-order valence-electron chi connectivity index (χ2n) is 4.55. The molecule has 0 bridgehead atoms. The van der Waals surface area contributed by atoms with Gasteiger partial charge in [-0.2, -0.15) is 0 Å². The van der Waals surface area contributed by atoms with Gasteiger partial charge in [0.1, 0.15) is 6.61 Å². The second-order valence-corrected chi connectivity index (χ2v) is 5.72. The van der Waals surface area contributed by atoms with Crippen LogP contribution >= 0.6 is 11.3 Å². The van der Waals surface area contributed by atoms with Gasteiger partial charge in [-0.15, -0.1) is 11.3 Å². The SMILES string of the molecule is CCc1ccc(C(=O)COCCCc2ccncc2)s1. The maximum Gasteiger partial charge on any atom is 0.198 e. The molecule has 0 unspecified atom stereocenters. The Hall–Kier alpha value is -1.52. The van der Waals surface area contributed by atoms with Crippen molar-refractivity contribution in [2.45, 2.75) is 26.2 Å². The first-order chi connectivity index (χ1) is 9.79. The van der Waals surface area contributed by atoms with Crippen LogP contribution in [0, 0.1) is 0 Å². The largest absolute Gasteiger partial charge is 0.373 e. The van der Waals surface area contributed by atoms with E-state index in [0.29, 0.717) is 6.61 Å². The Balaban J connectivity index is 1.64.